The third kappa shape index (κ3) is 4.72. The smallest absolute Gasteiger partial charge is 0.254 e. The number of hydrogen-bond acceptors (Lipinski definition) is 5. The molecule has 1 aromatic heterocycles. The summed E-state index contributed by atoms with van der Waals surface area (Å²) in [5.74, 6) is 0.787. The Hall–Kier alpha value is -2.38. The van der Waals surface area contributed by atoms with Crippen molar-refractivity contribution >= 4 is 5.91 Å². The summed E-state index contributed by atoms with van der Waals surface area (Å²) in [4.78, 5) is 17.2. The van der Waals surface area contributed by atoms with E-state index in [4.69, 9.17) is 14.6 Å². The maximum atomic E-state index is 13.1. The fraction of sp³-hybridized carbons (Fsp3) is 0.524. The van der Waals surface area contributed by atoms with Gasteiger partial charge < -0.3 is 19.3 Å². The Kier molecular flexibility index (Phi) is 6.70. The number of likely N-dealkylation sites (tertiary alicyclic amines) is 1. The van der Waals surface area contributed by atoms with Crippen LogP contribution in [0.4, 0.5) is 0 Å². The standard InChI is InChI=1S/C21H30N4O3/c1-23(2)15-17-14-19(22-24(17)3)20-6-5-11-25(20)21(26)16-7-9-18(10-8-16)28-13-12-27-4/h7-10,14,20H,5-6,11-13,15H2,1-4H3/t20-/m1/s1. The molecule has 2 aromatic rings. The fourth-order valence-electron chi connectivity index (χ4n) is 3.58. The number of aromatic nitrogens is 2. The summed E-state index contributed by atoms with van der Waals surface area (Å²) in [7, 11) is 7.69. The number of aryl methyl sites for hydroxylation is 1. The lowest BCUT2D eigenvalue weighted by Gasteiger charge is -2.23. The lowest BCUT2D eigenvalue weighted by atomic mass is 10.1. The normalized spacial score (nSPS) is 16.8. The van der Waals surface area contributed by atoms with Crippen LogP contribution in [0.5, 0.6) is 5.75 Å². The van der Waals surface area contributed by atoms with Crippen molar-refractivity contribution in [2.24, 2.45) is 7.05 Å². The van der Waals surface area contributed by atoms with E-state index in [0.29, 0.717) is 18.8 Å². The molecule has 28 heavy (non-hydrogen) atoms. The van der Waals surface area contributed by atoms with Gasteiger partial charge in [0.1, 0.15) is 12.4 Å². The molecular formula is C21H30N4O3. The highest BCUT2D eigenvalue weighted by Crippen LogP contribution is 2.33. The topological polar surface area (TPSA) is 59.8 Å². The van der Waals surface area contributed by atoms with Crippen molar-refractivity contribution in [2.45, 2.75) is 25.4 Å². The first-order chi connectivity index (χ1) is 13.5. The van der Waals surface area contributed by atoms with Crippen LogP contribution in [0.3, 0.4) is 0 Å². The van der Waals surface area contributed by atoms with Gasteiger partial charge in [-0.1, -0.05) is 0 Å². The lowest BCUT2D eigenvalue weighted by Crippen LogP contribution is -2.30. The Morgan fingerprint density at radius 3 is 2.68 bits per heavy atom. The zero-order valence-electron chi connectivity index (χ0n) is 17.2. The molecular weight excluding hydrogens is 356 g/mol. The van der Waals surface area contributed by atoms with Gasteiger partial charge in [0.25, 0.3) is 5.91 Å². The summed E-state index contributed by atoms with van der Waals surface area (Å²) in [6, 6.07) is 9.50. The summed E-state index contributed by atoms with van der Waals surface area (Å²) >= 11 is 0. The molecule has 1 aliphatic heterocycles. The Morgan fingerprint density at radius 1 is 1.25 bits per heavy atom. The number of hydrogen-bond donors (Lipinski definition) is 0. The van der Waals surface area contributed by atoms with E-state index in [1.54, 1.807) is 7.11 Å². The van der Waals surface area contributed by atoms with Gasteiger partial charge in [-0.25, -0.2) is 0 Å². The minimum Gasteiger partial charge on any atom is -0.491 e. The minimum absolute atomic E-state index is 0.0345. The first-order valence-corrected chi connectivity index (χ1v) is 9.70. The number of carbonyl (C=O) groups excluding carboxylic acids is 1. The molecule has 7 nitrogen and oxygen atoms in total. The molecule has 1 atom stereocenters. The number of rotatable bonds is 8. The zero-order valence-corrected chi connectivity index (χ0v) is 17.2. The Bertz CT molecular complexity index is 785. The minimum atomic E-state index is 0.0345. The summed E-state index contributed by atoms with van der Waals surface area (Å²) in [5, 5.41) is 4.69. The second kappa shape index (κ2) is 9.21. The molecule has 0 bridgehead atoms. The van der Waals surface area contributed by atoms with E-state index in [1.165, 1.54) is 0 Å². The van der Waals surface area contributed by atoms with E-state index in [0.717, 1.165) is 43.1 Å². The molecule has 2 heterocycles. The highest BCUT2D eigenvalue weighted by molar-refractivity contribution is 5.94. The molecule has 1 aliphatic rings. The van der Waals surface area contributed by atoms with Gasteiger partial charge in [0.2, 0.25) is 0 Å². The van der Waals surface area contributed by atoms with E-state index in [1.807, 2.05) is 55.0 Å². The quantitative estimate of drug-likeness (QED) is 0.653. The van der Waals surface area contributed by atoms with Crippen LogP contribution >= 0.6 is 0 Å². The van der Waals surface area contributed by atoms with Crippen LogP contribution in [0, 0.1) is 0 Å². The van der Waals surface area contributed by atoms with Gasteiger partial charge in [0.05, 0.1) is 24.0 Å². The highest BCUT2D eigenvalue weighted by atomic mass is 16.5. The number of benzene rings is 1. The predicted octanol–water partition coefficient (Wildman–Crippen LogP) is 2.48. The third-order valence-electron chi connectivity index (χ3n) is 4.99. The molecule has 3 rings (SSSR count). The van der Waals surface area contributed by atoms with Gasteiger partial charge in [-0.15, -0.1) is 0 Å². The van der Waals surface area contributed by atoms with Crippen molar-refractivity contribution in [2.75, 3.05) is 41.0 Å². The van der Waals surface area contributed by atoms with Crippen molar-refractivity contribution < 1.29 is 14.3 Å². The monoisotopic (exact) mass is 386 g/mol. The second-order valence-electron chi connectivity index (χ2n) is 7.44. The van der Waals surface area contributed by atoms with Crippen LogP contribution in [0.1, 0.15) is 40.6 Å². The van der Waals surface area contributed by atoms with E-state index in [9.17, 15) is 4.79 Å². The third-order valence-corrected chi connectivity index (χ3v) is 4.99. The molecule has 0 radical (unpaired) electrons. The van der Waals surface area contributed by atoms with Gasteiger partial charge in [0, 0.05) is 32.8 Å². The molecule has 7 heteroatoms. The average molecular weight is 386 g/mol. The molecule has 152 valence electrons. The molecule has 1 saturated heterocycles. The molecule has 1 amide bonds. The van der Waals surface area contributed by atoms with Crippen LogP contribution in [-0.2, 0) is 18.3 Å². The van der Waals surface area contributed by atoms with Crippen LogP contribution < -0.4 is 4.74 Å². The Balaban J connectivity index is 1.71. The van der Waals surface area contributed by atoms with Crippen molar-refractivity contribution in [1.82, 2.24) is 19.6 Å². The molecule has 0 spiro atoms. The van der Waals surface area contributed by atoms with E-state index in [2.05, 4.69) is 11.0 Å². The van der Waals surface area contributed by atoms with Crippen LogP contribution in [0.25, 0.3) is 0 Å². The average Bonchev–Trinajstić information content (AvgIpc) is 3.29. The van der Waals surface area contributed by atoms with Gasteiger partial charge in [-0.05, 0) is 57.3 Å². The Morgan fingerprint density at radius 2 is 2.00 bits per heavy atom. The summed E-state index contributed by atoms with van der Waals surface area (Å²) < 4.78 is 12.5. The van der Waals surface area contributed by atoms with Crippen LogP contribution in [-0.4, -0.2) is 66.5 Å². The van der Waals surface area contributed by atoms with E-state index < -0.39 is 0 Å². The largest absolute Gasteiger partial charge is 0.491 e. The SMILES string of the molecule is COCCOc1ccc(C(=O)N2CCC[C@@H]2c2cc(CN(C)C)n(C)n2)cc1. The number of amides is 1. The number of carbonyl (C=O) groups is 1. The summed E-state index contributed by atoms with van der Waals surface area (Å²) in [5.41, 5.74) is 2.80. The molecule has 0 saturated carbocycles. The van der Waals surface area contributed by atoms with Gasteiger partial charge >= 0.3 is 0 Å². The van der Waals surface area contributed by atoms with Crippen LogP contribution in [0.15, 0.2) is 30.3 Å². The van der Waals surface area contributed by atoms with E-state index >= 15 is 0 Å². The lowest BCUT2D eigenvalue weighted by molar-refractivity contribution is 0.0732. The fourth-order valence-corrected chi connectivity index (χ4v) is 3.58. The number of methoxy groups -OCH3 is 1. The maximum Gasteiger partial charge on any atom is 0.254 e. The van der Waals surface area contributed by atoms with Gasteiger partial charge in [-0.2, -0.15) is 5.10 Å². The highest BCUT2D eigenvalue weighted by Gasteiger charge is 2.32. The van der Waals surface area contributed by atoms with Crippen molar-refractivity contribution in [3.8, 4) is 5.75 Å². The molecule has 0 aliphatic carbocycles. The number of ether oxygens (including phenoxy) is 2. The van der Waals surface area contributed by atoms with Crippen LogP contribution in [0.2, 0.25) is 0 Å². The van der Waals surface area contributed by atoms with Gasteiger partial charge in [0.15, 0.2) is 0 Å². The second-order valence-corrected chi connectivity index (χ2v) is 7.44. The molecule has 1 aromatic carbocycles. The van der Waals surface area contributed by atoms with Crippen molar-refractivity contribution in [3.05, 3.63) is 47.3 Å². The Labute approximate surface area is 166 Å². The first kappa shape index (κ1) is 20.4. The van der Waals surface area contributed by atoms with E-state index in [-0.39, 0.29) is 11.9 Å². The molecule has 0 N–H and O–H groups in total. The molecule has 0 unspecified atom stereocenters. The summed E-state index contributed by atoms with van der Waals surface area (Å²) in [6.45, 7) is 2.62. The summed E-state index contributed by atoms with van der Waals surface area (Å²) in [6.07, 6.45) is 1.94. The van der Waals surface area contributed by atoms with Gasteiger partial charge in [-0.3, -0.25) is 9.48 Å². The van der Waals surface area contributed by atoms with Crippen molar-refractivity contribution in [3.63, 3.8) is 0 Å². The predicted molar refractivity (Wildman–Crippen MR) is 107 cm³/mol. The first-order valence-electron chi connectivity index (χ1n) is 9.70. The molecule has 1 fully saturated rings. The van der Waals surface area contributed by atoms with Crippen molar-refractivity contribution in [1.29, 1.82) is 0 Å². The zero-order chi connectivity index (χ0) is 20.1. The maximum absolute atomic E-state index is 13.1. The number of nitrogens with zero attached hydrogens (tertiary/aromatic N) is 4.